The third-order valence-electron chi connectivity index (χ3n) is 2.97. The number of hydrogen-bond acceptors (Lipinski definition) is 2. The first-order valence-electron chi connectivity index (χ1n) is 5.52. The van der Waals surface area contributed by atoms with Crippen LogP contribution in [-0.4, -0.2) is 18.2 Å². The Labute approximate surface area is 95.8 Å². The van der Waals surface area contributed by atoms with Crippen LogP contribution in [-0.2, 0) is 6.54 Å². The fourth-order valence-electron chi connectivity index (χ4n) is 2.30. The van der Waals surface area contributed by atoms with E-state index in [0.29, 0.717) is 6.54 Å². The summed E-state index contributed by atoms with van der Waals surface area (Å²) in [6.07, 6.45) is 2.15. The predicted octanol–water partition coefficient (Wildman–Crippen LogP) is 2.23. The Balaban J connectivity index is 2.78. The fraction of sp³-hybridized carbons (Fsp3) is 0.385. The Kier molecular flexibility index (Phi) is 2.88. The highest BCUT2D eigenvalue weighted by atomic mass is 16.5. The Morgan fingerprint density at radius 1 is 1.25 bits per heavy atom. The van der Waals surface area contributed by atoms with Crippen molar-refractivity contribution in [3.63, 3.8) is 0 Å². The highest BCUT2D eigenvalue weighted by molar-refractivity contribution is 5.91. The predicted molar refractivity (Wildman–Crippen MR) is 67.0 cm³/mol. The van der Waals surface area contributed by atoms with Gasteiger partial charge in [-0.2, -0.15) is 0 Å². The Morgan fingerprint density at radius 3 is 2.62 bits per heavy atom. The molecule has 3 heteroatoms. The molecule has 0 aliphatic heterocycles. The summed E-state index contributed by atoms with van der Waals surface area (Å²) in [5.74, 6) is 0.919. The van der Waals surface area contributed by atoms with E-state index in [1.165, 1.54) is 16.5 Å². The molecule has 2 aromatic rings. The second-order valence-corrected chi connectivity index (χ2v) is 4.10. The molecular formula is C13H18N2O. The average molecular weight is 218 g/mol. The van der Waals surface area contributed by atoms with E-state index in [1.807, 2.05) is 6.07 Å². The highest BCUT2D eigenvalue weighted by Gasteiger charge is 2.12. The summed E-state index contributed by atoms with van der Waals surface area (Å²) in [5.41, 5.74) is 9.35. The summed E-state index contributed by atoms with van der Waals surface area (Å²) in [6.45, 7) is 5.72. The summed E-state index contributed by atoms with van der Waals surface area (Å²) in [6, 6.07) is 4.12. The van der Waals surface area contributed by atoms with Crippen molar-refractivity contribution in [2.45, 2.75) is 20.4 Å². The zero-order valence-corrected chi connectivity index (χ0v) is 10.1. The van der Waals surface area contributed by atoms with Crippen molar-refractivity contribution in [2.24, 2.45) is 5.73 Å². The molecule has 0 spiro atoms. The zero-order valence-electron chi connectivity index (χ0n) is 10.1. The summed E-state index contributed by atoms with van der Waals surface area (Å²) in [7, 11) is 1.71. The maximum Gasteiger partial charge on any atom is 0.143 e. The third-order valence-corrected chi connectivity index (χ3v) is 2.97. The Morgan fingerprint density at radius 2 is 2.00 bits per heavy atom. The lowest BCUT2D eigenvalue weighted by molar-refractivity contribution is 0.417. The standard InChI is InChI=1S/C13H18N2O/c1-9-4-5-11(16-3)13-12(9)10(2)8-15(13)7-6-14/h4-5,8H,6-7,14H2,1-3H3. The Bertz CT molecular complexity index is 514. The normalized spacial score (nSPS) is 11.0. The minimum atomic E-state index is 0.639. The Hall–Kier alpha value is -1.48. The lowest BCUT2D eigenvalue weighted by atomic mass is 10.1. The maximum absolute atomic E-state index is 5.63. The first-order valence-corrected chi connectivity index (χ1v) is 5.52. The smallest absolute Gasteiger partial charge is 0.143 e. The van der Waals surface area contributed by atoms with E-state index in [4.69, 9.17) is 10.5 Å². The van der Waals surface area contributed by atoms with Gasteiger partial charge in [0.05, 0.1) is 12.6 Å². The molecule has 1 aromatic heterocycles. The summed E-state index contributed by atoms with van der Waals surface area (Å²) in [5, 5.41) is 1.28. The number of ether oxygens (including phenoxy) is 1. The van der Waals surface area contributed by atoms with E-state index in [9.17, 15) is 0 Å². The highest BCUT2D eigenvalue weighted by Crippen LogP contribution is 2.31. The number of hydrogen-bond donors (Lipinski definition) is 1. The molecule has 16 heavy (non-hydrogen) atoms. The second-order valence-electron chi connectivity index (χ2n) is 4.10. The monoisotopic (exact) mass is 218 g/mol. The van der Waals surface area contributed by atoms with Crippen LogP contribution >= 0.6 is 0 Å². The molecule has 0 saturated carbocycles. The van der Waals surface area contributed by atoms with Crippen molar-refractivity contribution in [2.75, 3.05) is 13.7 Å². The van der Waals surface area contributed by atoms with Gasteiger partial charge in [0.1, 0.15) is 5.75 Å². The number of aryl methyl sites for hydroxylation is 2. The van der Waals surface area contributed by atoms with Crippen molar-refractivity contribution in [1.29, 1.82) is 0 Å². The van der Waals surface area contributed by atoms with Gasteiger partial charge in [-0.3, -0.25) is 0 Å². The van der Waals surface area contributed by atoms with E-state index in [1.54, 1.807) is 7.11 Å². The van der Waals surface area contributed by atoms with Crippen LogP contribution in [0.25, 0.3) is 10.9 Å². The van der Waals surface area contributed by atoms with Crippen LogP contribution in [0.15, 0.2) is 18.3 Å². The number of methoxy groups -OCH3 is 1. The van der Waals surface area contributed by atoms with Gasteiger partial charge in [-0.25, -0.2) is 0 Å². The molecule has 1 aromatic carbocycles. The number of aromatic nitrogens is 1. The van der Waals surface area contributed by atoms with Crippen LogP contribution in [0, 0.1) is 13.8 Å². The minimum Gasteiger partial charge on any atom is -0.495 e. The van der Waals surface area contributed by atoms with Crippen LogP contribution in [0.4, 0.5) is 0 Å². The van der Waals surface area contributed by atoms with E-state index in [2.05, 4.69) is 30.7 Å². The van der Waals surface area contributed by atoms with Crippen molar-refractivity contribution >= 4 is 10.9 Å². The molecule has 86 valence electrons. The van der Waals surface area contributed by atoms with E-state index in [0.717, 1.165) is 17.8 Å². The van der Waals surface area contributed by atoms with Gasteiger partial charge in [0.2, 0.25) is 0 Å². The number of rotatable bonds is 3. The lowest BCUT2D eigenvalue weighted by Crippen LogP contribution is -2.09. The van der Waals surface area contributed by atoms with E-state index < -0.39 is 0 Å². The summed E-state index contributed by atoms with van der Waals surface area (Å²) < 4.78 is 7.60. The van der Waals surface area contributed by atoms with Crippen LogP contribution in [0.1, 0.15) is 11.1 Å². The number of benzene rings is 1. The van der Waals surface area contributed by atoms with Crippen LogP contribution in [0.2, 0.25) is 0 Å². The summed E-state index contributed by atoms with van der Waals surface area (Å²) in [4.78, 5) is 0. The van der Waals surface area contributed by atoms with Gasteiger partial charge in [0.25, 0.3) is 0 Å². The average Bonchev–Trinajstić information content (AvgIpc) is 2.59. The molecule has 0 bridgehead atoms. The van der Waals surface area contributed by atoms with Crippen molar-refractivity contribution in [1.82, 2.24) is 4.57 Å². The topological polar surface area (TPSA) is 40.2 Å². The van der Waals surface area contributed by atoms with Gasteiger partial charge in [0.15, 0.2) is 0 Å². The summed E-state index contributed by atoms with van der Waals surface area (Å²) >= 11 is 0. The third kappa shape index (κ3) is 1.57. The van der Waals surface area contributed by atoms with Gasteiger partial charge in [0, 0.05) is 24.7 Å². The molecule has 0 amide bonds. The number of fused-ring (bicyclic) bond motifs is 1. The second kappa shape index (κ2) is 4.18. The zero-order chi connectivity index (χ0) is 11.7. The molecule has 0 aliphatic carbocycles. The van der Waals surface area contributed by atoms with Gasteiger partial charge in [-0.05, 0) is 31.0 Å². The lowest BCUT2D eigenvalue weighted by Gasteiger charge is -2.09. The molecule has 0 aliphatic rings. The van der Waals surface area contributed by atoms with Gasteiger partial charge < -0.3 is 15.0 Å². The number of nitrogens with two attached hydrogens (primary N) is 1. The van der Waals surface area contributed by atoms with Crippen LogP contribution < -0.4 is 10.5 Å². The van der Waals surface area contributed by atoms with Crippen molar-refractivity contribution < 1.29 is 4.74 Å². The molecule has 0 radical (unpaired) electrons. The first-order chi connectivity index (χ1) is 7.69. The molecule has 2 rings (SSSR count). The molecule has 2 N–H and O–H groups in total. The quantitative estimate of drug-likeness (QED) is 0.858. The SMILES string of the molecule is COc1ccc(C)c2c(C)cn(CCN)c12. The van der Waals surface area contributed by atoms with Gasteiger partial charge >= 0.3 is 0 Å². The van der Waals surface area contributed by atoms with E-state index >= 15 is 0 Å². The van der Waals surface area contributed by atoms with Crippen molar-refractivity contribution in [3.8, 4) is 5.75 Å². The van der Waals surface area contributed by atoms with Crippen molar-refractivity contribution in [3.05, 3.63) is 29.5 Å². The van der Waals surface area contributed by atoms with Crippen LogP contribution in [0.3, 0.4) is 0 Å². The molecule has 3 nitrogen and oxygen atoms in total. The van der Waals surface area contributed by atoms with Gasteiger partial charge in [-0.1, -0.05) is 6.07 Å². The minimum absolute atomic E-state index is 0.639. The largest absolute Gasteiger partial charge is 0.495 e. The van der Waals surface area contributed by atoms with E-state index in [-0.39, 0.29) is 0 Å². The molecule has 0 saturated heterocycles. The van der Waals surface area contributed by atoms with Crippen LogP contribution in [0.5, 0.6) is 5.75 Å². The maximum atomic E-state index is 5.63. The molecule has 0 unspecified atom stereocenters. The molecule has 1 heterocycles. The number of nitrogens with zero attached hydrogens (tertiary/aromatic N) is 1. The molecular weight excluding hydrogens is 200 g/mol. The van der Waals surface area contributed by atoms with Gasteiger partial charge in [-0.15, -0.1) is 0 Å². The molecule has 0 fully saturated rings. The molecule has 0 atom stereocenters. The fourth-order valence-corrected chi connectivity index (χ4v) is 2.30. The first kappa shape index (κ1) is 11.0.